The largest absolute Gasteiger partial charge is 0.356 e. The molecule has 122 valence electrons. The van der Waals surface area contributed by atoms with Crippen molar-refractivity contribution in [2.24, 2.45) is 13.0 Å². The van der Waals surface area contributed by atoms with Crippen LogP contribution in [-0.4, -0.2) is 46.1 Å². The van der Waals surface area contributed by atoms with Gasteiger partial charge in [0.25, 0.3) is 5.91 Å². The first kappa shape index (κ1) is 17.0. The summed E-state index contributed by atoms with van der Waals surface area (Å²) in [6, 6.07) is 0. The number of halogens is 1. The number of carbonyl (C=O) groups is 2. The summed E-state index contributed by atoms with van der Waals surface area (Å²) in [4.78, 5) is 26.6. The molecule has 2 rings (SSSR count). The molecule has 22 heavy (non-hydrogen) atoms. The number of carbonyl (C=O) groups excluding carboxylic acids is 2. The highest BCUT2D eigenvalue weighted by Gasteiger charge is 2.31. The molecular formula is C15H23BrN4O2. The van der Waals surface area contributed by atoms with Crippen molar-refractivity contribution >= 4 is 27.7 Å². The van der Waals surface area contributed by atoms with E-state index in [1.165, 1.54) is 0 Å². The molecule has 0 radical (unpaired) electrons. The van der Waals surface area contributed by atoms with Crippen molar-refractivity contribution in [3.05, 3.63) is 15.9 Å². The molecule has 1 saturated heterocycles. The fourth-order valence-corrected chi connectivity index (χ4v) is 3.34. The highest BCUT2D eigenvalue weighted by molar-refractivity contribution is 9.10. The summed E-state index contributed by atoms with van der Waals surface area (Å²) >= 11 is 3.42. The molecule has 0 spiro atoms. The van der Waals surface area contributed by atoms with Crippen molar-refractivity contribution in [3.63, 3.8) is 0 Å². The third-order valence-electron chi connectivity index (χ3n) is 3.99. The van der Waals surface area contributed by atoms with Gasteiger partial charge in [-0.05, 0) is 42.1 Å². The molecule has 0 aliphatic carbocycles. The summed E-state index contributed by atoms with van der Waals surface area (Å²) in [6.45, 7) is 5.72. The first-order chi connectivity index (χ1) is 10.5. The maximum Gasteiger partial charge on any atom is 0.258 e. The van der Waals surface area contributed by atoms with E-state index in [-0.39, 0.29) is 17.7 Å². The molecule has 0 aromatic carbocycles. The maximum atomic E-state index is 12.7. The lowest BCUT2D eigenvalue weighted by Crippen LogP contribution is -2.45. The third-order valence-corrected chi connectivity index (χ3v) is 4.90. The van der Waals surface area contributed by atoms with E-state index in [2.05, 4.69) is 26.3 Å². The normalized spacial score (nSPS) is 18.4. The minimum absolute atomic E-state index is 0.0505. The van der Waals surface area contributed by atoms with Crippen LogP contribution in [0.25, 0.3) is 0 Å². The van der Waals surface area contributed by atoms with Crippen molar-refractivity contribution < 1.29 is 9.59 Å². The van der Waals surface area contributed by atoms with Crippen LogP contribution in [0.3, 0.4) is 0 Å². The van der Waals surface area contributed by atoms with Gasteiger partial charge in [0.1, 0.15) is 4.60 Å². The standard InChI is InChI=1S/C15H23BrN4O2/c1-4-7-17-14(21)11-6-5-8-20(9-11)15(22)12-10(2)18-19(3)13(12)16/h11H,4-9H2,1-3H3,(H,17,21)/t11-/m1/s1. The summed E-state index contributed by atoms with van der Waals surface area (Å²) in [5.74, 6) is -0.105. The van der Waals surface area contributed by atoms with Gasteiger partial charge < -0.3 is 10.2 Å². The lowest BCUT2D eigenvalue weighted by Gasteiger charge is -2.32. The van der Waals surface area contributed by atoms with Gasteiger partial charge in [-0.3, -0.25) is 14.3 Å². The van der Waals surface area contributed by atoms with Crippen molar-refractivity contribution in [2.75, 3.05) is 19.6 Å². The lowest BCUT2D eigenvalue weighted by atomic mass is 9.96. The molecule has 6 nitrogen and oxygen atoms in total. The van der Waals surface area contributed by atoms with Crippen LogP contribution in [0.15, 0.2) is 4.60 Å². The second-order valence-corrected chi connectivity index (χ2v) is 6.51. The summed E-state index contributed by atoms with van der Waals surface area (Å²) in [5, 5.41) is 7.19. The summed E-state index contributed by atoms with van der Waals surface area (Å²) in [7, 11) is 1.80. The lowest BCUT2D eigenvalue weighted by molar-refractivity contribution is -0.126. The Morgan fingerprint density at radius 3 is 2.77 bits per heavy atom. The van der Waals surface area contributed by atoms with Gasteiger partial charge in [0.2, 0.25) is 5.91 Å². The number of likely N-dealkylation sites (tertiary alicyclic amines) is 1. The Morgan fingerprint density at radius 1 is 1.45 bits per heavy atom. The summed E-state index contributed by atoms with van der Waals surface area (Å²) in [5.41, 5.74) is 1.30. The van der Waals surface area contributed by atoms with Crippen molar-refractivity contribution in [2.45, 2.75) is 33.1 Å². The van der Waals surface area contributed by atoms with Crippen LogP contribution in [0, 0.1) is 12.8 Å². The van der Waals surface area contributed by atoms with Gasteiger partial charge in [0.05, 0.1) is 17.2 Å². The first-order valence-electron chi connectivity index (χ1n) is 7.71. The molecule has 1 atom stereocenters. The van der Waals surface area contributed by atoms with E-state index in [0.29, 0.717) is 35.5 Å². The van der Waals surface area contributed by atoms with Crippen LogP contribution in [0.1, 0.15) is 42.2 Å². The topological polar surface area (TPSA) is 67.2 Å². The fraction of sp³-hybridized carbons (Fsp3) is 0.667. The molecular weight excluding hydrogens is 348 g/mol. The summed E-state index contributed by atoms with van der Waals surface area (Å²) < 4.78 is 2.34. The number of nitrogens with one attached hydrogen (secondary N) is 1. The van der Waals surface area contributed by atoms with E-state index in [0.717, 1.165) is 19.3 Å². The van der Waals surface area contributed by atoms with Gasteiger partial charge in [-0.1, -0.05) is 6.92 Å². The molecule has 2 amide bonds. The zero-order valence-electron chi connectivity index (χ0n) is 13.4. The Morgan fingerprint density at radius 2 is 2.18 bits per heavy atom. The van der Waals surface area contributed by atoms with Gasteiger partial charge in [0, 0.05) is 26.7 Å². The van der Waals surface area contributed by atoms with Crippen LogP contribution in [0.5, 0.6) is 0 Å². The number of rotatable bonds is 4. The fourth-order valence-electron chi connectivity index (χ4n) is 2.80. The van der Waals surface area contributed by atoms with E-state index in [9.17, 15) is 9.59 Å². The zero-order chi connectivity index (χ0) is 16.3. The van der Waals surface area contributed by atoms with Crippen molar-refractivity contribution in [3.8, 4) is 0 Å². The molecule has 2 heterocycles. The molecule has 7 heteroatoms. The zero-order valence-corrected chi connectivity index (χ0v) is 14.9. The van der Waals surface area contributed by atoms with Gasteiger partial charge in [-0.15, -0.1) is 0 Å². The highest BCUT2D eigenvalue weighted by Crippen LogP contribution is 2.24. The Kier molecular flexibility index (Phi) is 5.61. The van der Waals surface area contributed by atoms with E-state index in [4.69, 9.17) is 0 Å². The van der Waals surface area contributed by atoms with Crippen molar-refractivity contribution in [1.29, 1.82) is 0 Å². The Balaban J connectivity index is 2.08. The van der Waals surface area contributed by atoms with E-state index >= 15 is 0 Å². The van der Waals surface area contributed by atoms with E-state index in [1.807, 2.05) is 13.8 Å². The molecule has 1 aromatic rings. The predicted molar refractivity (Wildman–Crippen MR) is 87.6 cm³/mol. The third kappa shape index (κ3) is 3.51. The molecule has 0 saturated carbocycles. The number of nitrogens with zero attached hydrogens (tertiary/aromatic N) is 3. The average Bonchev–Trinajstić information content (AvgIpc) is 2.77. The number of aromatic nitrogens is 2. The van der Waals surface area contributed by atoms with Crippen LogP contribution >= 0.6 is 15.9 Å². The molecule has 1 aliphatic rings. The first-order valence-corrected chi connectivity index (χ1v) is 8.51. The minimum atomic E-state index is -0.111. The average molecular weight is 371 g/mol. The maximum absolute atomic E-state index is 12.7. The Labute approximate surface area is 139 Å². The van der Waals surface area contributed by atoms with E-state index < -0.39 is 0 Å². The Bertz CT molecular complexity index is 570. The molecule has 1 fully saturated rings. The second-order valence-electron chi connectivity index (χ2n) is 5.76. The van der Waals surface area contributed by atoms with Gasteiger partial charge in [0.15, 0.2) is 0 Å². The van der Waals surface area contributed by atoms with E-state index in [1.54, 1.807) is 16.6 Å². The number of hydrogen-bond acceptors (Lipinski definition) is 3. The second kappa shape index (κ2) is 7.26. The predicted octanol–water partition coefficient (Wildman–Crippen LogP) is 1.87. The van der Waals surface area contributed by atoms with Crippen molar-refractivity contribution in [1.82, 2.24) is 20.0 Å². The number of aryl methyl sites for hydroxylation is 2. The molecule has 1 aliphatic heterocycles. The summed E-state index contributed by atoms with van der Waals surface area (Å²) in [6.07, 6.45) is 2.61. The number of amides is 2. The molecule has 0 bridgehead atoms. The van der Waals surface area contributed by atoms with Gasteiger partial charge in [-0.2, -0.15) is 5.10 Å². The van der Waals surface area contributed by atoms with Gasteiger partial charge in [-0.25, -0.2) is 0 Å². The smallest absolute Gasteiger partial charge is 0.258 e. The monoisotopic (exact) mass is 370 g/mol. The quantitative estimate of drug-likeness (QED) is 0.879. The number of hydrogen-bond donors (Lipinski definition) is 1. The van der Waals surface area contributed by atoms with Gasteiger partial charge >= 0.3 is 0 Å². The van der Waals surface area contributed by atoms with Crippen LogP contribution in [0.4, 0.5) is 0 Å². The highest BCUT2D eigenvalue weighted by atomic mass is 79.9. The van der Waals surface area contributed by atoms with Crippen LogP contribution < -0.4 is 5.32 Å². The van der Waals surface area contributed by atoms with Crippen LogP contribution in [0.2, 0.25) is 0 Å². The molecule has 1 aromatic heterocycles. The molecule has 1 N–H and O–H groups in total. The minimum Gasteiger partial charge on any atom is -0.356 e. The SMILES string of the molecule is CCCNC(=O)[C@@H]1CCCN(C(=O)c2c(C)nn(C)c2Br)C1. The Hall–Kier alpha value is -1.37. The van der Waals surface area contributed by atoms with Crippen LogP contribution in [-0.2, 0) is 11.8 Å². The number of piperidine rings is 1. The molecule has 0 unspecified atom stereocenters.